The molecule has 0 radical (unpaired) electrons. The standard InChI is InChI=1S/C18H12O8/c19-15(20)11-7-5-9(8-13(11)17(23)24)4-6-10-2-1-3-12(16(21)22)14(10)18(25)26/h1-8H,(H,19,20)(H,21,22)(H,23,24)(H,25,26)/b6-4+. The molecule has 0 aliphatic carbocycles. The minimum absolute atomic E-state index is 0.108. The number of carbonyl (C=O) groups is 4. The molecule has 0 unspecified atom stereocenters. The van der Waals surface area contributed by atoms with E-state index < -0.39 is 35.0 Å². The van der Waals surface area contributed by atoms with Gasteiger partial charge in [-0.1, -0.05) is 30.4 Å². The lowest BCUT2D eigenvalue weighted by atomic mass is 9.99. The van der Waals surface area contributed by atoms with Crippen molar-refractivity contribution in [2.24, 2.45) is 0 Å². The van der Waals surface area contributed by atoms with Crippen LogP contribution < -0.4 is 0 Å². The quantitative estimate of drug-likeness (QED) is 0.577. The first-order valence-electron chi connectivity index (χ1n) is 7.10. The topological polar surface area (TPSA) is 149 Å². The van der Waals surface area contributed by atoms with Crippen LogP contribution in [-0.4, -0.2) is 44.3 Å². The third-order valence-corrected chi connectivity index (χ3v) is 3.50. The molecule has 0 aliphatic rings. The first-order chi connectivity index (χ1) is 12.2. The van der Waals surface area contributed by atoms with E-state index in [1.807, 2.05) is 0 Å². The smallest absolute Gasteiger partial charge is 0.337 e. The highest BCUT2D eigenvalue weighted by Gasteiger charge is 2.19. The van der Waals surface area contributed by atoms with Crippen LogP contribution in [0.3, 0.4) is 0 Å². The molecule has 0 amide bonds. The van der Waals surface area contributed by atoms with Crippen molar-refractivity contribution in [2.75, 3.05) is 0 Å². The van der Waals surface area contributed by atoms with Gasteiger partial charge in [-0.3, -0.25) is 0 Å². The second kappa shape index (κ2) is 7.31. The first-order valence-corrected chi connectivity index (χ1v) is 7.10. The van der Waals surface area contributed by atoms with Crippen molar-refractivity contribution in [2.45, 2.75) is 0 Å². The molecule has 0 atom stereocenters. The maximum atomic E-state index is 11.4. The number of rotatable bonds is 6. The van der Waals surface area contributed by atoms with Crippen LogP contribution in [-0.2, 0) is 0 Å². The van der Waals surface area contributed by atoms with Gasteiger partial charge in [0.05, 0.1) is 22.3 Å². The fraction of sp³-hybridized carbons (Fsp3) is 0. The van der Waals surface area contributed by atoms with Gasteiger partial charge in [-0.25, -0.2) is 19.2 Å². The molecular formula is C18H12O8. The van der Waals surface area contributed by atoms with Crippen molar-refractivity contribution in [1.29, 1.82) is 0 Å². The zero-order valence-corrected chi connectivity index (χ0v) is 13.0. The summed E-state index contributed by atoms with van der Waals surface area (Å²) in [5.74, 6) is -5.62. The zero-order valence-electron chi connectivity index (χ0n) is 13.0. The molecule has 0 aliphatic heterocycles. The van der Waals surface area contributed by atoms with Gasteiger partial charge in [0, 0.05) is 0 Å². The Morgan fingerprint density at radius 3 is 1.81 bits per heavy atom. The molecule has 0 saturated carbocycles. The predicted molar refractivity (Wildman–Crippen MR) is 89.6 cm³/mol. The van der Waals surface area contributed by atoms with Crippen LogP contribution in [0, 0.1) is 0 Å². The molecule has 2 aromatic carbocycles. The van der Waals surface area contributed by atoms with E-state index in [-0.39, 0.29) is 16.7 Å². The largest absolute Gasteiger partial charge is 0.478 e. The Hall–Kier alpha value is -3.94. The monoisotopic (exact) mass is 356 g/mol. The summed E-state index contributed by atoms with van der Waals surface area (Å²) in [6.45, 7) is 0. The molecule has 2 rings (SSSR count). The van der Waals surface area contributed by atoms with E-state index in [1.165, 1.54) is 30.4 Å². The van der Waals surface area contributed by atoms with Gasteiger partial charge in [-0.15, -0.1) is 0 Å². The number of carboxylic acid groups (broad SMARTS) is 4. The molecule has 8 nitrogen and oxygen atoms in total. The number of hydrogen-bond donors (Lipinski definition) is 4. The second-order valence-corrected chi connectivity index (χ2v) is 5.13. The highest BCUT2D eigenvalue weighted by Crippen LogP contribution is 2.20. The summed E-state index contributed by atoms with van der Waals surface area (Å²) in [7, 11) is 0. The Morgan fingerprint density at radius 2 is 1.27 bits per heavy atom. The van der Waals surface area contributed by atoms with Crippen LogP contribution in [0.2, 0.25) is 0 Å². The summed E-state index contributed by atoms with van der Waals surface area (Å²) in [6.07, 6.45) is 2.68. The minimum Gasteiger partial charge on any atom is -0.478 e. The highest BCUT2D eigenvalue weighted by molar-refractivity contribution is 6.05. The molecule has 0 heterocycles. The van der Waals surface area contributed by atoms with Gasteiger partial charge in [-0.2, -0.15) is 0 Å². The predicted octanol–water partition coefficient (Wildman–Crippen LogP) is 2.65. The van der Waals surface area contributed by atoms with Gasteiger partial charge < -0.3 is 20.4 Å². The summed E-state index contributed by atoms with van der Waals surface area (Å²) in [5.41, 5.74) is -1.17. The van der Waals surface area contributed by atoms with Crippen LogP contribution in [0.15, 0.2) is 36.4 Å². The molecule has 2 aromatic rings. The lowest BCUT2D eigenvalue weighted by Gasteiger charge is -2.06. The van der Waals surface area contributed by atoms with Gasteiger partial charge in [0.25, 0.3) is 0 Å². The number of hydrogen-bond acceptors (Lipinski definition) is 4. The highest BCUT2D eigenvalue weighted by atomic mass is 16.4. The Kier molecular flexibility index (Phi) is 5.17. The minimum atomic E-state index is -1.42. The van der Waals surface area contributed by atoms with Crippen molar-refractivity contribution in [3.8, 4) is 0 Å². The van der Waals surface area contributed by atoms with Crippen molar-refractivity contribution >= 4 is 36.0 Å². The van der Waals surface area contributed by atoms with Crippen LogP contribution in [0.25, 0.3) is 12.2 Å². The molecule has 0 fully saturated rings. The molecule has 4 N–H and O–H groups in total. The average molecular weight is 356 g/mol. The lowest BCUT2D eigenvalue weighted by Crippen LogP contribution is -2.09. The van der Waals surface area contributed by atoms with E-state index in [9.17, 15) is 24.3 Å². The number of aromatic carboxylic acids is 4. The first kappa shape index (κ1) is 18.4. The van der Waals surface area contributed by atoms with Gasteiger partial charge in [0.2, 0.25) is 0 Å². The summed E-state index contributed by atoms with van der Waals surface area (Å²) >= 11 is 0. The number of carboxylic acids is 4. The fourth-order valence-electron chi connectivity index (χ4n) is 2.34. The van der Waals surface area contributed by atoms with Crippen LogP contribution in [0.4, 0.5) is 0 Å². The molecule has 0 bridgehead atoms. The van der Waals surface area contributed by atoms with Gasteiger partial charge in [0.1, 0.15) is 0 Å². The van der Waals surface area contributed by atoms with E-state index in [0.29, 0.717) is 5.56 Å². The third kappa shape index (κ3) is 3.75. The maximum Gasteiger partial charge on any atom is 0.337 e. The van der Waals surface area contributed by atoms with Crippen molar-refractivity contribution in [1.82, 2.24) is 0 Å². The summed E-state index contributed by atoms with van der Waals surface area (Å²) in [4.78, 5) is 44.8. The normalized spacial score (nSPS) is 10.6. The Labute approximate surface area is 146 Å². The van der Waals surface area contributed by atoms with Crippen molar-refractivity contribution < 1.29 is 39.6 Å². The maximum absolute atomic E-state index is 11.4. The van der Waals surface area contributed by atoms with E-state index in [4.69, 9.17) is 15.3 Å². The summed E-state index contributed by atoms with van der Waals surface area (Å²) in [6, 6.07) is 7.55. The van der Waals surface area contributed by atoms with Crippen LogP contribution >= 0.6 is 0 Å². The molecule has 132 valence electrons. The van der Waals surface area contributed by atoms with Gasteiger partial charge >= 0.3 is 23.9 Å². The Morgan fingerprint density at radius 1 is 0.654 bits per heavy atom. The second-order valence-electron chi connectivity index (χ2n) is 5.13. The summed E-state index contributed by atoms with van der Waals surface area (Å²) < 4.78 is 0. The summed E-state index contributed by atoms with van der Waals surface area (Å²) in [5, 5.41) is 36.5. The third-order valence-electron chi connectivity index (χ3n) is 3.50. The van der Waals surface area contributed by atoms with Gasteiger partial charge in [-0.05, 0) is 29.3 Å². The van der Waals surface area contributed by atoms with E-state index >= 15 is 0 Å². The molecule has 26 heavy (non-hydrogen) atoms. The zero-order chi connectivity index (χ0) is 19.4. The van der Waals surface area contributed by atoms with Crippen molar-refractivity contribution in [3.63, 3.8) is 0 Å². The molecule has 0 spiro atoms. The molecule has 0 aromatic heterocycles. The molecular weight excluding hydrogens is 344 g/mol. The number of benzene rings is 2. The lowest BCUT2D eigenvalue weighted by molar-refractivity contribution is 0.0651. The molecule has 8 heteroatoms. The van der Waals surface area contributed by atoms with E-state index in [2.05, 4.69) is 0 Å². The van der Waals surface area contributed by atoms with Crippen LogP contribution in [0.1, 0.15) is 52.6 Å². The Balaban J connectivity index is 2.51. The fourth-order valence-corrected chi connectivity index (χ4v) is 2.34. The Bertz CT molecular complexity index is 956. The van der Waals surface area contributed by atoms with E-state index in [1.54, 1.807) is 0 Å². The van der Waals surface area contributed by atoms with Crippen molar-refractivity contribution in [3.05, 3.63) is 69.8 Å². The van der Waals surface area contributed by atoms with E-state index in [0.717, 1.165) is 18.2 Å². The SMILES string of the molecule is O=C(O)c1ccc(/C=C/c2cccc(C(=O)O)c2C(=O)O)cc1C(=O)O. The van der Waals surface area contributed by atoms with Gasteiger partial charge in [0.15, 0.2) is 0 Å². The van der Waals surface area contributed by atoms with Crippen LogP contribution in [0.5, 0.6) is 0 Å². The molecule has 0 saturated heterocycles. The average Bonchev–Trinajstić information content (AvgIpc) is 2.58.